The first-order valence-corrected chi connectivity index (χ1v) is 7.38. The van der Waals surface area contributed by atoms with E-state index in [1.165, 1.54) is 5.56 Å². The van der Waals surface area contributed by atoms with Gasteiger partial charge in [0.2, 0.25) is 5.13 Å². The summed E-state index contributed by atoms with van der Waals surface area (Å²) in [7, 11) is 1.69. The molecule has 0 saturated carbocycles. The van der Waals surface area contributed by atoms with Crippen LogP contribution in [0.4, 0.5) is 5.13 Å². The molecule has 1 unspecified atom stereocenters. The summed E-state index contributed by atoms with van der Waals surface area (Å²) in [5.41, 5.74) is 2.28. The SMILES string of the molecule is COc1cc2c(cc1CNc1nnc(C)s1)OC(C)C2. The Hall–Kier alpha value is -1.82. The summed E-state index contributed by atoms with van der Waals surface area (Å²) in [5, 5.41) is 13.1. The van der Waals surface area contributed by atoms with Crippen molar-refractivity contribution in [1.29, 1.82) is 0 Å². The largest absolute Gasteiger partial charge is 0.496 e. The van der Waals surface area contributed by atoms with Gasteiger partial charge in [-0.05, 0) is 26.0 Å². The van der Waals surface area contributed by atoms with Gasteiger partial charge in [-0.2, -0.15) is 0 Å². The molecule has 0 amide bonds. The van der Waals surface area contributed by atoms with E-state index in [0.717, 1.165) is 33.6 Å². The van der Waals surface area contributed by atoms with Crippen molar-refractivity contribution in [2.45, 2.75) is 32.9 Å². The van der Waals surface area contributed by atoms with E-state index < -0.39 is 0 Å². The summed E-state index contributed by atoms with van der Waals surface area (Å²) < 4.78 is 11.3. The molecule has 1 aromatic carbocycles. The van der Waals surface area contributed by atoms with Gasteiger partial charge in [-0.3, -0.25) is 0 Å². The third kappa shape index (κ3) is 2.56. The van der Waals surface area contributed by atoms with Crippen LogP contribution in [0.1, 0.15) is 23.1 Å². The van der Waals surface area contributed by atoms with Crippen LogP contribution in [0.15, 0.2) is 12.1 Å². The highest BCUT2D eigenvalue weighted by molar-refractivity contribution is 7.15. The number of ether oxygens (including phenoxy) is 2. The first-order valence-electron chi connectivity index (χ1n) is 6.56. The van der Waals surface area contributed by atoms with Crippen molar-refractivity contribution in [1.82, 2.24) is 10.2 Å². The fourth-order valence-corrected chi connectivity index (χ4v) is 2.94. The number of hydrogen-bond donors (Lipinski definition) is 1. The van der Waals surface area contributed by atoms with Crippen molar-refractivity contribution in [3.05, 3.63) is 28.3 Å². The zero-order valence-electron chi connectivity index (χ0n) is 11.8. The topological polar surface area (TPSA) is 56.3 Å². The minimum Gasteiger partial charge on any atom is -0.496 e. The molecule has 5 nitrogen and oxygen atoms in total. The van der Waals surface area contributed by atoms with Gasteiger partial charge in [0, 0.05) is 24.1 Å². The lowest BCUT2D eigenvalue weighted by atomic mass is 10.1. The van der Waals surface area contributed by atoms with Gasteiger partial charge in [-0.15, -0.1) is 10.2 Å². The monoisotopic (exact) mass is 291 g/mol. The Kier molecular flexibility index (Phi) is 3.48. The average molecular weight is 291 g/mol. The normalized spacial score (nSPS) is 16.6. The predicted molar refractivity (Wildman–Crippen MR) is 78.8 cm³/mol. The van der Waals surface area contributed by atoms with Gasteiger partial charge >= 0.3 is 0 Å². The van der Waals surface area contributed by atoms with Crippen molar-refractivity contribution in [3.8, 4) is 11.5 Å². The van der Waals surface area contributed by atoms with Crippen LogP contribution in [-0.2, 0) is 13.0 Å². The summed E-state index contributed by atoms with van der Waals surface area (Å²) in [5.74, 6) is 1.85. The van der Waals surface area contributed by atoms with E-state index in [0.29, 0.717) is 6.54 Å². The molecule has 0 spiro atoms. The van der Waals surface area contributed by atoms with Gasteiger partial charge in [-0.1, -0.05) is 11.3 Å². The molecular formula is C14H17N3O2S. The molecule has 106 valence electrons. The van der Waals surface area contributed by atoms with Gasteiger partial charge in [0.15, 0.2) is 0 Å². The Labute approximate surface area is 121 Å². The van der Waals surface area contributed by atoms with Crippen LogP contribution in [-0.4, -0.2) is 23.4 Å². The standard InChI is InChI=1S/C14H17N3O2S/c1-8-4-10-5-12(18-3)11(6-13(10)19-8)7-15-14-17-16-9(2)20-14/h5-6,8H,4,7H2,1-3H3,(H,15,17). The minimum atomic E-state index is 0.240. The number of nitrogens with one attached hydrogen (secondary N) is 1. The number of fused-ring (bicyclic) bond motifs is 1. The molecule has 0 bridgehead atoms. The number of methoxy groups -OCH3 is 1. The fraction of sp³-hybridized carbons (Fsp3) is 0.429. The first kappa shape index (κ1) is 13.2. The van der Waals surface area contributed by atoms with Crippen molar-refractivity contribution in [2.75, 3.05) is 12.4 Å². The van der Waals surface area contributed by atoms with Crippen LogP contribution in [0.2, 0.25) is 0 Å². The molecule has 0 fully saturated rings. The van der Waals surface area contributed by atoms with Crippen molar-refractivity contribution < 1.29 is 9.47 Å². The van der Waals surface area contributed by atoms with E-state index in [9.17, 15) is 0 Å². The average Bonchev–Trinajstić information content (AvgIpc) is 2.99. The third-order valence-electron chi connectivity index (χ3n) is 3.26. The molecule has 2 aromatic rings. The van der Waals surface area contributed by atoms with E-state index in [-0.39, 0.29) is 6.10 Å². The molecule has 1 atom stereocenters. The number of aryl methyl sites for hydroxylation is 1. The zero-order valence-corrected chi connectivity index (χ0v) is 12.6. The second-order valence-corrected chi connectivity index (χ2v) is 6.07. The summed E-state index contributed by atoms with van der Waals surface area (Å²) in [6.45, 7) is 4.66. The van der Waals surface area contributed by atoms with Crippen LogP contribution >= 0.6 is 11.3 Å². The van der Waals surface area contributed by atoms with E-state index in [1.807, 2.05) is 6.92 Å². The predicted octanol–water partition coefficient (Wildman–Crippen LogP) is 2.79. The number of hydrogen-bond acceptors (Lipinski definition) is 6. The van der Waals surface area contributed by atoms with Gasteiger partial charge in [-0.25, -0.2) is 0 Å². The molecule has 20 heavy (non-hydrogen) atoms. The van der Waals surface area contributed by atoms with Gasteiger partial charge in [0.1, 0.15) is 22.6 Å². The van der Waals surface area contributed by atoms with Gasteiger partial charge < -0.3 is 14.8 Å². The Morgan fingerprint density at radius 1 is 1.45 bits per heavy atom. The molecule has 1 aromatic heterocycles. The summed E-state index contributed by atoms with van der Waals surface area (Å²) in [6, 6.07) is 4.12. The van der Waals surface area contributed by atoms with Crippen molar-refractivity contribution in [2.24, 2.45) is 0 Å². The zero-order chi connectivity index (χ0) is 14.1. The van der Waals surface area contributed by atoms with E-state index >= 15 is 0 Å². The second-order valence-electron chi connectivity index (χ2n) is 4.88. The molecule has 6 heteroatoms. The summed E-state index contributed by atoms with van der Waals surface area (Å²) in [6.07, 6.45) is 1.18. The minimum absolute atomic E-state index is 0.240. The van der Waals surface area contributed by atoms with E-state index in [1.54, 1.807) is 18.4 Å². The third-order valence-corrected chi connectivity index (χ3v) is 4.05. The lowest BCUT2D eigenvalue weighted by Gasteiger charge is -2.11. The second kappa shape index (κ2) is 5.28. The van der Waals surface area contributed by atoms with Gasteiger partial charge in [0.25, 0.3) is 0 Å². The fourth-order valence-electron chi connectivity index (χ4n) is 2.35. The van der Waals surface area contributed by atoms with Crippen molar-refractivity contribution in [3.63, 3.8) is 0 Å². The molecule has 0 aliphatic carbocycles. The quantitative estimate of drug-likeness (QED) is 0.938. The molecule has 3 rings (SSSR count). The maximum Gasteiger partial charge on any atom is 0.205 e. The first-order chi connectivity index (χ1) is 9.65. The molecule has 0 radical (unpaired) electrons. The van der Waals surface area contributed by atoms with Crippen molar-refractivity contribution >= 4 is 16.5 Å². The Morgan fingerprint density at radius 2 is 2.30 bits per heavy atom. The number of rotatable bonds is 4. The van der Waals surface area contributed by atoms with Crippen LogP contribution in [0.25, 0.3) is 0 Å². The highest BCUT2D eigenvalue weighted by Gasteiger charge is 2.21. The lowest BCUT2D eigenvalue weighted by molar-refractivity contribution is 0.254. The molecule has 1 aliphatic heterocycles. The van der Waals surface area contributed by atoms with Crippen LogP contribution < -0.4 is 14.8 Å². The van der Waals surface area contributed by atoms with Crippen LogP contribution in [0.5, 0.6) is 11.5 Å². The molecular weight excluding hydrogens is 274 g/mol. The Morgan fingerprint density at radius 3 is 3.00 bits per heavy atom. The number of nitrogens with zero attached hydrogens (tertiary/aromatic N) is 2. The smallest absolute Gasteiger partial charge is 0.205 e. The molecule has 1 aliphatic rings. The number of benzene rings is 1. The maximum atomic E-state index is 5.79. The number of aromatic nitrogens is 2. The molecule has 0 saturated heterocycles. The lowest BCUT2D eigenvalue weighted by Crippen LogP contribution is -2.05. The number of anilines is 1. The molecule has 2 heterocycles. The highest BCUT2D eigenvalue weighted by atomic mass is 32.1. The van der Waals surface area contributed by atoms with Gasteiger partial charge in [0.05, 0.1) is 7.11 Å². The van der Waals surface area contributed by atoms with E-state index in [4.69, 9.17) is 9.47 Å². The maximum absolute atomic E-state index is 5.79. The van der Waals surface area contributed by atoms with Crippen LogP contribution in [0, 0.1) is 6.92 Å². The Bertz CT molecular complexity index is 627. The van der Waals surface area contributed by atoms with E-state index in [2.05, 4.69) is 34.6 Å². The summed E-state index contributed by atoms with van der Waals surface area (Å²) in [4.78, 5) is 0. The Balaban J connectivity index is 1.80. The summed E-state index contributed by atoms with van der Waals surface area (Å²) >= 11 is 1.54. The highest BCUT2D eigenvalue weighted by Crippen LogP contribution is 2.35. The van der Waals surface area contributed by atoms with Crippen LogP contribution in [0.3, 0.4) is 0 Å². The molecule has 1 N–H and O–H groups in total.